The normalized spacial score (nSPS) is 23.7. The SMILES string of the molecule is CC(C)C(C)(C)CN1CC(N)C1=O. The van der Waals surface area contributed by atoms with Crippen molar-refractivity contribution in [2.75, 3.05) is 13.1 Å². The summed E-state index contributed by atoms with van der Waals surface area (Å²) in [5.74, 6) is 0.686. The van der Waals surface area contributed by atoms with Gasteiger partial charge in [-0.3, -0.25) is 4.79 Å². The van der Waals surface area contributed by atoms with Crippen molar-refractivity contribution in [1.29, 1.82) is 0 Å². The van der Waals surface area contributed by atoms with Gasteiger partial charge in [0.15, 0.2) is 0 Å². The molecule has 0 aromatic heterocycles. The first-order valence-corrected chi connectivity index (χ1v) is 4.89. The van der Waals surface area contributed by atoms with Gasteiger partial charge in [-0.25, -0.2) is 0 Å². The molecule has 3 nitrogen and oxygen atoms in total. The lowest BCUT2D eigenvalue weighted by molar-refractivity contribution is -0.144. The van der Waals surface area contributed by atoms with Gasteiger partial charge >= 0.3 is 0 Å². The molecule has 1 amide bonds. The highest BCUT2D eigenvalue weighted by Crippen LogP contribution is 2.28. The maximum absolute atomic E-state index is 11.3. The van der Waals surface area contributed by atoms with Crippen molar-refractivity contribution in [2.45, 2.75) is 33.7 Å². The number of hydrogen-bond donors (Lipinski definition) is 1. The average Bonchev–Trinajstić information content (AvgIpc) is 2.03. The van der Waals surface area contributed by atoms with Crippen LogP contribution in [0.2, 0.25) is 0 Å². The van der Waals surface area contributed by atoms with E-state index < -0.39 is 0 Å². The summed E-state index contributed by atoms with van der Waals surface area (Å²) in [5, 5.41) is 0. The van der Waals surface area contributed by atoms with E-state index in [-0.39, 0.29) is 17.4 Å². The van der Waals surface area contributed by atoms with E-state index in [0.29, 0.717) is 5.92 Å². The maximum Gasteiger partial charge on any atom is 0.241 e. The molecular weight excluding hydrogens is 164 g/mol. The largest absolute Gasteiger partial charge is 0.339 e. The molecule has 1 atom stereocenters. The molecule has 0 saturated carbocycles. The highest BCUT2D eigenvalue weighted by atomic mass is 16.2. The number of hydrogen-bond acceptors (Lipinski definition) is 2. The Bertz CT molecular complexity index is 211. The predicted octanol–water partition coefficient (Wildman–Crippen LogP) is 0.838. The molecule has 0 aromatic rings. The Kier molecular flexibility index (Phi) is 2.66. The van der Waals surface area contributed by atoms with E-state index in [9.17, 15) is 4.79 Å². The van der Waals surface area contributed by atoms with Crippen LogP contribution in [0, 0.1) is 11.3 Å². The molecule has 0 aliphatic carbocycles. The van der Waals surface area contributed by atoms with Gasteiger partial charge in [0.1, 0.15) is 6.04 Å². The Balaban J connectivity index is 2.46. The Morgan fingerprint density at radius 3 is 2.46 bits per heavy atom. The van der Waals surface area contributed by atoms with E-state index in [1.54, 1.807) is 0 Å². The van der Waals surface area contributed by atoms with Crippen molar-refractivity contribution in [3.05, 3.63) is 0 Å². The van der Waals surface area contributed by atoms with E-state index in [4.69, 9.17) is 5.73 Å². The summed E-state index contributed by atoms with van der Waals surface area (Å²) < 4.78 is 0. The second-order valence-corrected chi connectivity index (χ2v) is 4.97. The van der Waals surface area contributed by atoms with Crippen LogP contribution in [0.4, 0.5) is 0 Å². The molecule has 0 radical (unpaired) electrons. The molecule has 1 rings (SSSR count). The lowest BCUT2D eigenvalue weighted by atomic mass is 9.80. The smallest absolute Gasteiger partial charge is 0.241 e. The van der Waals surface area contributed by atoms with Gasteiger partial charge in [0.25, 0.3) is 0 Å². The zero-order valence-corrected chi connectivity index (χ0v) is 9.00. The highest BCUT2D eigenvalue weighted by molar-refractivity contribution is 5.87. The highest BCUT2D eigenvalue weighted by Gasteiger charge is 2.37. The van der Waals surface area contributed by atoms with Crippen LogP contribution in [0.1, 0.15) is 27.7 Å². The summed E-state index contributed by atoms with van der Waals surface area (Å²) in [6, 6.07) is -0.233. The third-order valence-electron chi connectivity index (χ3n) is 3.21. The number of carbonyl (C=O) groups excluding carboxylic acids is 1. The van der Waals surface area contributed by atoms with Crippen LogP contribution in [0.15, 0.2) is 0 Å². The minimum absolute atomic E-state index is 0.105. The summed E-state index contributed by atoms with van der Waals surface area (Å²) >= 11 is 0. The zero-order valence-electron chi connectivity index (χ0n) is 9.00. The van der Waals surface area contributed by atoms with Crippen LogP contribution in [-0.4, -0.2) is 29.9 Å². The van der Waals surface area contributed by atoms with Crippen LogP contribution < -0.4 is 5.73 Å². The van der Waals surface area contributed by atoms with Crippen LogP contribution in [0.25, 0.3) is 0 Å². The molecule has 1 aliphatic heterocycles. The summed E-state index contributed by atoms with van der Waals surface area (Å²) in [6.07, 6.45) is 0. The fraction of sp³-hybridized carbons (Fsp3) is 0.900. The molecule has 76 valence electrons. The standard InChI is InChI=1S/C10H20N2O/c1-7(2)10(3,4)6-12-5-8(11)9(12)13/h7-8H,5-6,11H2,1-4H3. The van der Waals surface area contributed by atoms with Gasteiger partial charge in [-0.1, -0.05) is 27.7 Å². The second-order valence-electron chi connectivity index (χ2n) is 4.97. The fourth-order valence-corrected chi connectivity index (χ4v) is 1.34. The molecule has 1 aliphatic rings. The van der Waals surface area contributed by atoms with E-state index in [1.165, 1.54) is 0 Å². The van der Waals surface area contributed by atoms with E-state index >= 15 is 0 Å². The number of carbonyl (C=O) groups is 1. The van der Waals surface area contributed by atoms with E-state index in [0.717, 1.165) is 13.1 Å². The molecule has 1 heterocycles. The minimum Gasteiger partial charge on any atom is -0.339 e. The molecule has 0 bridgehead atoms. The van der Waals surface area contributed by atoms with Crippen molar-refractivity contribution in [3.8, 4) is 0 Å². The molecule has 0 aromatic carbocycles. The zero-order chi connectivity index (χ0) is 10.2. The summed E-state index contributed by atoms with van der Waals surface area (Å²) in [7, 11) is 0. The second kappa shape index (κ2) is 3.29. The van der Waals surface area contributed by atoms with E-state index in [1.807, 2.05) is 4.90 Å². The van der Waals surface area contributed by atoms with Gasteiger partial charge in [-0.05, 0) is 11.3 Å². The topological polar surface area (TPSA) is 46.3 Å². The Hall–Kier alpha value is -0.570. The van der Waals surface area contributed by atoms with Crippen LogP contribution in [0.3, 0.4) is 0 Å². The minimum atomic E-state index is -0.233. The summed E-state index contributed by atoms with van der Waals surface area (Å²) in [6.45, 7) is 10.3. The van der Waals surface area contributed by atoms with Crippen molar-refractivity contribution in [3.63, 3.8) is 0 Å². The number of likely N-dealkylation sites (tertiary alicyclic amines) is 1. The third-order valence-corrected chi connectivity index (χ3v) is 3.21. The van der Waals surface area contributed by atoms with Crippen molar-refractivity contribution in [2.24, 2.45) is 17.1 Å². The molecule has 1 unspecified atom stereocenters. The Morgan fingerprint density at radius 1 is 1.62 bits per heavy atom. The van der Waals surface area contributed by atoms with Gasteiger partial charge in [-0.15, -0.1) is 0 Å². The molecular formula is C10H20N2O. The number of amides is 1. The molecule has 1 saturated heterocycles. The van der Waals surface area contributed by atoms with Crippen LogP contribution in [0.5, 0.6) is 0 Å². The summed E-state index contributed by atoms with van der Waals surface area (Å²) in [5.41, 5.74) is 5.71. The number of rotatable bonds is 3. The van der Waals surface area contributed by atoms with Crippen molar-refractivity contribution in [1.82, 2.24) is 4.90 Å². The van der Waals surface area contributed by atoms with Crippen LogP contribution >= 0.6 is 0 Å². The van der Waals surface area contributed by atoms with Gasteiger partial charge in [0, 0.05) is 13.1 Å². The van der Waals surface area contributed by atoms with Gasteiger partial charge in [0.2, 0.25) is 5.91 Å². The van der Waals surface area contributed by atoms with Crippen LogP contribution in [-0.2, 0) is 4.79 Å². The molecule has 0 spiro atoms. The number of nitrogens with zero attached hydrogens (tertiary/aromatic N) is 1. The van der Waals surface area contributed by atoms with Gasteiger partial charge in [0.05, 0.1) is 0 Å². The van der Waals surface area contributed by atoms with Crippen molar-refractivity contribution < 1.29 is 4.79 Å². The first-order chi connectivity index (χ1) is 5.84. The Morgan fingerprint density at radius 2 is 2.15 bits per heavy atom. The first-order valence-electron chi connectivity index (χ1n) is 4.89. The fourth-order valence-electron chi connectivity index (χ4n) is 1.34. The first kappa shape index (κ1) is 10.5. The summed E-state index contributed by atoms with van der Waals surface area (Å²) in [4.78, 5) is 13.1. The number of β-lactam (4-membered cyclic amide) rings is 1. The van der Waals surface area contributed by atoms with Gasteiger partial charge in [-0.2, -0.15) is 0 Å². The molecule has 3 heteroatoms. The maximum atomic E-state index is 11.3. The lowest BCUT2D eigenvalue weighted by Gasteiger charge is -2.42. The molecule has 1 fully saturated rings. The predicted molar refractivity (Wildman–Crippen MR) is 53.2 cm³/mol. The molecule has 2 N–H and O–H groups in total. The lowest BCUT2D eigenvalue weighted by Crippen LogP contribution is -2.62. The monoisotopic (exact) mass is 184 g/mol. The van der Waals surface area contributed by atoms with Crippen molar-refractivity contribution >= 4 is 5.91 Å². The van der Waals surface area contributed by atoms with Gasteiger partial charge < -0.3 is 10.6 Å². The quantitative estimate of drug-likeness (QED) is 0.661. The average molecular weight is 184 g/mol. The Labute approximate surface area is 80.3 Å². The van der Waals surface area contributed by atoms with E-state index in [2.05, 4.69) is 27.7 Å². The third kappa shape index (κ3) is 2.02. The number of nitrogens with two attached hydrogens (primary N) is 1. The molecule has 13 heavy (non-hydrogen) atoms.